The summed E-state index contributed by atoms with van der Waals surface area (Å²) in [5, 5.41) is 14.6. The van der Waals surface area contributed by atoms with E-state index in [4.69, 9.17) is 5.26 Å². The molecule has 0 aliphatic carbocycles. The zero-order valence-corrected chi connectivity index (χ0v) is 13.3. The number of aromatic nitrogens is 1. The fourth-order valence-corrected chi connectivity index (χ4v) is 2.25. The quantitative estimate of drug-likeness (QED) is 0.738. The molecule has 2 aromatic carbocycles. The first-order chi connectivity index (χ1) is 12.6. The summed E-state index contributed by atoms with van der Waals surface area (Å²) in [5.41, 5.74) is 1.61. The Morgan fingerprint density at radius 1 is 1.00 bits per heavy atom. The van der Waals surface area contributed by atoms with E-state index < -0.39 is 17.5 Å². The first-order valence-electron chi connectivity index (χ1n) is 7.55. The summed E-state index contributed by atoms with van der Waals surface area (Å²) in [6.45, 7) is 0. The number of amides is 1. The van der Waals surface area contributed by atoms with Crippen LogP contribution in [0.3, 0.4) is 0 Å². The number of nitrogens with one attached hydrogen (secondary N) is 2. The van der Waals surface area contributed by atoms with E-state index in [1.165, 1.54) is 18.3 Å². The van der Waals surface area contributed by atoms with Gasteiger partial charge in [0.1, 0.15) is 11.8 Å². The van der Waals surface area contributed by atoms with Crippen molar-refractivity contribution in [2.45, 2.75) is 0 Å². The van der Waals surface area contributed by atoms with Gasteiger partial charge in [-0.05, 0) is 36.4 Å². The van der Waals surface area contributed by atoms with Crippen molar-refractivity contribution in [2.24, 2.45) is 0 Å². The molecule has 0 saturated heterocycles. The Hall–Kier alpha value is -3.79. The predicted octanol–water partition coefficient (Wildman–Crippen LogP) is 4.23. The largest absolute Gasteiger partial charge is 0.355 e. The predicted molar refractivity (Wildman–Crippen MR) is 93.0 cm³/mol. The van der Waals surface area contributed by atoms with Crippen molar-refractivity contribution < 1.29 is 13.6 Å². The van der Waals surface area contributed by atoms with Gasteiger partial charge in [-0.3, -0.25) is 9.78 Å². The van der Waals surface area contributed by atoms with E-state index >= 15 is 0 Å². The van der Waals surface area contributed by atoms with Crippen molar-refractivity contribution in [3.8, 4) is 6.07 Å². The van der Waals surface area contributed by atoms with Crippen molar-refractivity contribution >= 4 is 23.0 Å². The highest BCUT2D eigenvalue weighted by Crippen LogP contribution is 2.20. The molecule has 0 fully saturated rings. The molecule has 2 N–H and O–H groups in total. The minimum Gasteiger partial charge on any atom is -0.355 e. The molecule has 1 heterocycles. The second kappa shape index (κ2) is 7.40. The van der Waals surface area contributed by atoms with Gasteiger partial charge in [0.2, 0.25) is 0 Å². The zero-order valence-electron chi connectivity index (χ0n) is 13.3. The number of carbonyl (C=O) groups is 1. The number of nitrogens with zero attached hydrogens (tertiary/aromatic N) is 2. The van der Waals surface area contributed by atoms with Gasteiger partial charge in [0, 0.05) is 23.6 Å². The molecule has 0 spiro atoms. The third-order valence-electron chi connectivity index (χ3n) is 3.50. The molecule has 0 aliphatic rings. The molecule has 0 aliphatic heterocycles. The highest BCUT2D eigenvalue weighted by molar-refractivity contribution is 6.04. The Labute approximate surface area is 147 Å². The smallest absolute Gasteiger partial charge is 0.274 e. The van der Waals surface area contributed by atoms with Crippen LogP contribution in [0.4, 0.5) is 25.8 Å². The van der Waals surface area contributed by atoms with Crippen LogP contribution >= 0.6 is 0 Å². The highest BCUT2D eigenvalue weighted by Gasteiger charge is 2.11. The highest BCUT2D eigenvalue weighted by atomic mass is 19.2. The summed E-state index contributed by atoms with van der Waals surface area (Å²) in [7, 11) is 0. The van der Waals surface area contributed by atoms with Crippen LogP contribution in [-0.4, -0.2) is 10.9 Å². The van der Waals surface area contributed by atoms with Crippen LogP contribution in [0.5, 0.6) is 0 Å². The summed E-state index contributed by atoms with van der Waals surface area (Å²) in [4.78, 5) is 16.4. The molecule has 0 radical (unpaired) electrons. The van der Waals surface area contributed by atoms with Gasteiger partial charge in [0.15, 0.2) is 11.6 Å². The number of hydrogen-bond acceptors (Lipinski definition) is 4. The normalized spacial score (nSPS) is 10.0. The first kappa shape index (κ1) is 17.0. The van der Waals surface area contributed by atoms with Crippen LogP contribution in [0.15, 0.2) is 60.8 Å². The van der Waals surface area contributed by atoms with Crippen LogP contribution < -0.4 is 10.6 Å². The average molecular weight is 350 g/mol. The molecule has 0 saturated carbocycles. The van der Waals surface area contributed by atoms with Crippen LogP contribution in [0.25, 0.3) is 0 Å². The number of benzene rings is 2. The van der Waals surface area contributed by atoms with Crippen molar-refractivity contribution in [3.63, 3.8) is 0 Å². The minimum atomic E-state index is -0.977. The number of nitriles is 1. The fraction of sp³-hybridized carbons (Fsp3) is 0. The Morgan fingerprint density at radius 3 is 2.54 bits per heavy atom. The Balaban J connectivity index is 1.79. The summed E-state index contributed by atoms with van der Waals surface area (Å²) >= 11 is 0. The molecule has 7 heteroatoms. The summed E-state index contributed by atoms with van der Waals surface area (Å²) in [5.74, 6) is -2.42. The molecule has 3 aromatic rings. The van der Waals surface area contributed by atoms with E-state index in [9.17, 15) is 13.6 Å². The molecule has 0 bridgehead atoms. The summed E-state index contributed by atoms with van der Waals surface area (Å²) in [6.07, 6.45) is 1.41. The molecule has 3 rings (SSSR count). The molecule has 5 nitrogen and oxygen atoms in total. The van der Waals surface area contributed by atoms with Crippen LogP contribution in [0.1, 0.15) is 16.1 Å². The van der Waals surface area contributed by atoms with Crippen LogP contribution in [0.2, 0.25) is 0 Å². The van der Waals surface area contributed by atoms with E-state index in [1.54, 1.807) is 30.3 Å². The number of anilines is 3. The van der Waals surface area contributed by atoms with E-state index in [0.29, 0.717) is 22.6 Å². The topological polar surface area (TPSA) is 77.8 Å². The third kappa shape index (κ3) is 3.82. The third-order valence-corrected chi connectivity index (χ3v) is 3.50. The molecule has 1 amide bonds. The number of carbonyl (C=O) groups excluding carboxylic acids is 1. The SMILES string of the molecule is N#Cc1ccccc1NC(=O)c1cc(Nc2ccc(F)c(F)c2)ccn1. The van der Waals surface area contributed by atoms with Crippen molar-refractivity contribution in [2.75, 3.05) is 10.6 Å². The van der Waals surface area contributed by atoms with Crippen molar-refractivity contribution in [1.82, 2.24) is 4.98 Å². The standard InChI is InChI=1S/C19H12F2N4O/c20-15-6-5-13(9-16(15)21)24-14-7-8-23-18(10-14)19(26)25-17-4-2-1-3-12(17)11-22/h1-10H,(H,23,24)(H,25,26). The maximum atomic E-state index is 13.3. The molecule has 26 heavy (non-hydrogen) atoms. The number of hydrogen-bond donors (Lipinski definition) is 2. The lowest BCUT2D eigenvalue weighted by Gasteiger charge is -2.09. The Kier molecular flexibility index (Phi) is 4.85. The molecular formula is C19H12F2N4O. The summed E-state index contributed by atoms with van der Waals surface area (Å²) in [6, 6.07) is 15.0. The summed E-state index contributed by atoms with van der Waals surface area (Å²) < 4.78 is 26.3. The number of para-hydroxylation sites is 1. The Morgan fingerprint density at radius 2 is 1.77 bits per heavy atom. The van der Waals surface area contributed by atoms with Gasteiger partial charge in [0.25, 0.3) is 5.91 Å². The lowest BCUT2D eigenvalue weighted by atomic mass is 10.2. The minimum absolute atomic E-state index is 0.102. The molecule has 0 atom stereocenters. The monoisotopic (exact) mass is 350 g/mol. The lowest BCUT2D eigenvalue weighted by molar-refractivity contribution is 0.102. The lowest BCUT2D eigenvalue weighted by Crippen LogP contribution is -2.14. The van der Waals surface area contributed by atoms with Crippen LogP contribution in [-0.2, 0) is 0 Å². The van der Waals surface area contributed by atoms with E-state index in [2.05, 4.69) is 15.6 Å². The number of halogens is 2. The maximum Gasteiger partial charge on any atom is 0.274 e. The van der Waals surface area contributed by atoms with Gasteiger partial charge >= 0.3 is 0 Å². The van der Waals surface area contributed by atoms with Gasteiger partial charge in [-0.25, -0.2) is 8.78 Å². The van der Waals surface area contributed by atoms with Gasteiger partial charge in [-0.15, -0.1) is 0 Å². The van der Waals surface area contributed by atoms with Crippen molar-refractivity contribution in [3.05, 3.63) is 83.7 Å². The van der Waals surface area contributed by atoms with Crippen molar-refractivity contribution in [1.29, 1.82) is 5.26 Å². The molecule has 0 unspecified atom stereocenters. The number of rotatable bonds is 4. The zero-order chi connectivity index (χ0) is 18.5. The maximum absolute atomic E-state index is 13.3. The molecular weight excluding hydrogens is 338 g/mol. The van der Waals surface area contributed by atoms with Gasteiger partial charge in [-0.1, -0.05) is 12.1 Å². The number of pyridine rings is 1. The second-order valence-corrected chi connectivity index (χ2v) is 5.30. The van der Waals surface area contributed by atoms with E-state index in [1.807, 2.05) is 6.07 Å². The molecule has 128 valence electrons. The first-order valence-corrected chi connectivity index (χ1v) is 7.55. The van der Waals surface area contributed by atoms with Gasteiger partial charge < -0.3 is 10.6 Å². The van der Waals surface area contributed by atoms with Gasteiger partial charge in [-0.2, -0.15) is 5.26 Å². The molecule has 1 aromatic heterocycles. The Bertz CT molecular complexity index is 1010. The van der Waals surface area contributed by atoms with Crippen LogP contribution in [0, 0.1) is 23.0 Å². The fourth-order valence-electron chi connectivity index (χ4n) is 2.25. The van der Waals surface area contributed by atoms with E-state index in [-0.39, 0.29) is 5.69 Å². The van der Waals surface area contributed by atoms with E-state index in [0.717, 1.165) is 12.1 Å². The van der Waals surface area contributed by atoms with Gasteiger partial charge in [0.05, 0.1) is 11.3 Å². The average Bonchev–Trinajstić information content (AvgIpc) is 2.65. The second-order valence-electron chi connectivity index (χ2n) is 5.30.